The van der Waals surface area contributed by atoms with Gasteiger partial charge in [0.25, 0.3) is 0 Å². The predicted octanol–water partition coefficient (Wildman–Crippen LogP) is 0.165. The van der Waals surface area contributed by atoms with Gasteiger partial charge >= 0.3 is 0 Å². The highest BCUT2D eigenvalue weighted by Gasteiger charge is 1.92. The topological polar surface area (TPSA) is 32.6 Å². The predicted molar refractivity (Wildman–Crippen MR) is 37.8 cm³/mol. The lowest BCUT2D eigenvalue weighted by molar-refractivity contribution is 0.322. The average molecular weight is 129 g/mol. The molecule has 0 heterocycles. The van der Waals surface area contributed by atoms with Gasteiger partial charge in [0.1, 0.15) is 0 Å². The molecule has 0 aromatic carbocycles. The Morgan fingerprint density at radius 3 is 2.50 bits per heavy atom. The number of rotatable bonds is 1. The zero-order valence-corrected chi connectivity index (χ0v) is 7.47. The highest BCUT2D eigenvalue weighted by atomic mass is 28.1. The lowest BCUT2D eigenvalue weighted by atomic mass is 10.3. The first-order valence-corrected chi connectivity index (χ1v) is 3.77. The third kappa shape index (κ3) is 2.61. The normalized spacial score (nSPS) is 12.2. The van der Waals surface area contributed by atoms with Crippen molar-refractivity contribution in [1.82, 2.24) is 0 Å². The van der Waals surface area contributed by atoms with Gasteiger partial charge in [-0.3, -0.25) is 0 Å². The molecule has 0 saturated heterocycles. The van der Waals surface area contributed by atoms with E-state index in [0.29, 0.717) is 5.54 Å². The van der Waals surface area contributed by atoms with E-state index in [1.807, 2.05) is 6.92 Å². The number of hydrogen-bond acceptors (Lipinski definition) is 2. The Kier molecular flexibility index (Phi) is 3.24. The fraction of sp³-hybridized carbons (Fsp3) is 0.600. The molecule has 0 aromatic heterocycles. The van der Waals surface area contributed by atoms with Gasteiger partial charge in [0.15, 0.2) is 0 Å². The van der Waals surface area contributed by atoms with E-state index in [1.165, 1.54) is 0 Å². The molecule has 1 atom stereocenters. The molecule has 1 unspecified atom stereocenters. The maximum Gasteiger partial charge on any atom is 0.0270 e. The first-order valence-electron chi connectivity index (χ1n) is 2.62. The number of nitrogens with zero attached hydrogens (tertiary/aromatic N) is 1. The van der Waals surface area contributed by atoms with Crippen LogP contribution in [0, 0.1) is 0 Å². The smallest absolute Gasteiger partial charge is 0.0270 e. The lowest BCUT2D eigenvalue weighted by Gasteiger charge is -1.96. The van der Waals surface area contributed by atoms with Crippen LogP contribution in [0.4, 0.5) is 0 Å². The van der Waals surface area contributed by atoms with Crippen molar-refractivity contribution >= 4 is 16.1 Å². The van der Waals surface area contributed by atoms with Crippen LogP contribution in [0.15, 0.2) is 10.7 Å². The second-order valence-corrected chi connectivity index (χ2v) is 3.78. The Morgan fingerprint density at radius 1 is 1.88 bits per heavy atom. The van der Waals surface area contributed by atoms with Gasteiger partial charge in [-0.15, -0.1) is 0 Å². The molecule has 0 fully saturated rings. The summed E-state index contributed by atoms with van der Waals surface area (Å²) in [4.78, 5) is 0. The molecule has 0 radical (unpaired) electrons. The summed E-state index contributed by atoms with van der Waals surface area (Å²) in [5.41, 5.74) is 1.59. The summed E-state index contributed by atoms with van der Waals surface area (Å²) >= 11 is 0. The van der Waals surface area contributed by atoms with Crippen molar-refractivity contribution in [1.29, 1.82) is 0 Å². The fourth-order valence-electron chi connectivity index (χ4n) is 0.208. The van der Waals surface area contributed by atoms with Crippen LogP contribution in [0.1, 0.15) is 13.8 Å². The van der Waals surface area contributed by atoms with Crippen LogP contribution in [0.2, 0.25) is 5.54 Å². The third-order valence-corrected chi connectivity index (χ3v) is 1.96. The summed E-state index contributed by atoms with van der Waals surface area (Å²) in [5.74, 6) is 2.48. The monoisotopic (exact) mass is 129 g/mol. The highest BCUT2D eigenvalue weighted by molar-refractivity contribution is 6.14. The van der Waals surface area contributed by atoms with Gasteiger partial charge in [-0.1, -0.05) is 6.92 Å². The van der Waals surface area contributed by atoms with Crippen molar-refractivity contribution in [3.63, 3.8) is 0 Å². The SMILES string of the molecule is CC(=C=NO)C(C)[SiH3]. The molecule has 1 N–H and O–H groups in total. The summed E-state index contributed by atoms with van der Waals surface area (Å²) in [7, 11) is 1.10. The number of allylic oxidation sites excluding steroid dienone is 1. The quantitative estimate of drug-likeness (QED) is 0.233. The molecule has 0 saturated carbocycles. The summed E-state index contributed by atoms with van der Waals surface area (Å²) < 4.78 is 0. The summed E-state index contributed by atoms with van der Waals surface area (Å²) in [6.07, 6.45) is 0. The van der Waals surface area contributed by atoms with Crippen molar-refractivity contribution in [2.75, 3.05) is 0 Å². The molecular weight excluding hydrogens is 118 g/mol. The maximum absolute atomic E-state index is 7.99. The largest absolute Gasteiger partial charge is 0.404 e. The molecule has 0 rings (SSSR count). The van der Waals surface area contributed by atoms with Gasteiger partial charge in [0.05, 0.1) is 0 Å². The second kappa shape index (κ2) is 3.47. The third-order valence-electron chi connectivity index (χ3n) is 1.09. The first kappa shape index (κ1) is 7.47. The molecule has 0 aliphatic heterocycles. The minimum Gasteiger partial charge on any atom is -0.404 e. The summed E-state index contributed by atoms with van der Waals surface area (Å²) in [6, 6.07) is 0. The maximum atomic E-state index is 7.99. The minimum atomic E-state index is 0.561. The van der Waals surface area contributed by atoms with Gasteiger partial charge in [0.2, 0.25) is 0 Å². The second-order valence-electron chi connectivity index (χ2n) is 2.05. The highest BCUT2D eigenvalue weighted by Crippen LogP contribution is 2.05. The zero-order chi connectivity index (χ0) is 6.57. The van der Waals surface area contributed by atoms with Gasteiger partial charge in [0, 0.05) is 16.1 Å². The number of hydrogen-bond donors (Lipinski definition) is 1. The van der Waals surface area contributed by atoms with Gasteiger partial charge in [-0.2, -0.15) is 0 Å². The Morgan fingerprint density at radius 2 is 2.38 bits per heavy atom. The molecule has 8 heavy (non-hydrogen) atoms. The van der Waals surface area contributed by atoms with Crippen LogP contribution in [0.5, 0.6) is 0 Å². The summed E-state index contributed by atoms with van der Waals surface area (Å²) in [5, 5.41) is 10.8. The Bertz CT molecular complexity index is 124. The molecule has 0 spiro atoms. The standard InChI is InChI=1S/C5H11NOSi/c1-4(3-6-7)5(2)8/h5,7H,1-2,8H3. The van der Waals surface area contributed by atoms with E-state index in [4.69, 9.17) is 5.21 Å². The van der Waals surface area contributed by atoms with Crippen LogP contribution >= 0.6 is 0 Å². The van der Waals surface area contributed by atoms with Crippen LogP contribution < -0.4 is 0 Å². The molecule has 0 aliphatic rings. The van der Waals surface area contributed by atoms with Crippen molar-refractivity contribution < 1.29 is 5.21 Å². The summed E-state index contributed by atoms with van der Waals surface area (Å²) in [6.45, 7) is 4.00. The van der Waals surface area contributed by atoms with E-state index < -0.39 is 0 Å². The van der Waals surface area contributed by atoms with Crippen LogP contribution in [0.3, 0.4) is 0 Å². The van der Waals surface area contributed by atoms with E-state index in [0.717, 1.165) is 15.8 Å². The van der Waals surface area contributed by atoms with Crippen LogP contribution in [0.25, 0.3) is 0 Å². The Balaban J connectivity index is 4.01. The molecule has 2 nitrogen and oxygen atoms in total. The van der Waals surface area contributed by atoms with Crippen molar-refractivity contribution in [2.45, 2.75) is 19.4 Å². The molecule has 46 valence electrons. The van der Waals surface area contributed by atoms with E-state index in [-0.39, 0.29) is 0 Å². The molecule has 0 amide bonds. The van der Waals surface area contributed by atoms with E-state index >= 15 is 0 Å². The lowest BCUT2D eigenvalue weighted by Crippen LogP contribution is -1.86. The van der Waals surface area contributed by atoms with Crippen molar-refractivity contribution in [2.24, 2.45) is 5.16 Å². The van der Waals surface area contributed by atoms with E-state index in [1.54, 1.807) is 0 Å². The zero-order valence-electron chi connectivity index (χ0n) is 5.47. The Hall–Kier alpha value is -0.533. The van der Waals surface area contributed by atoms with E-state index in [2.05, 4.69) is 17.9 Å². The van der Waals surface area contributed by atoms with Crippen molar-refractivity contribution in [3.8, 4) is 0 Å². The molecular formula is C5H11NOSi. The van der Waals surface area contributed by atoms with Crippen molar-refractivity contribution in [3.05, 3.63) is 5.57 Å². The first-order chi connectivity index (χ1) is 3.68. The van der Waals surface area contributed by atoms with Gasteiger partial charge in [-0.25, -0.2) is 0 Å². The molecule has 0 aromatic rings. The fourth-order valence-corrected chi connectivity index (χ4v) is 0.337. The van der Waals surface area contributed by atoms with E-state index in [9.17, 15) is 0 Å². The van der Waals surface area contributed by atoms with Crippen LogP contribution in [-0.4, -0.2) is 21.3 Å². The average Bonchev–Trinajstić information content (AvgIpc) is 1.67. The van der Waals surface area contributed by atoms with Gasteiger partial charge in [-0.05, 0) is 23.2 Å². The molecule has 0 bridgehead atoms. The van der Waals surface area contributed by atoms with Gasteiger partial charge < -0.3 is 5.21 Å². The Labute approximate surface area is 52.3 Å². The molecule has 3 heteroatoms. The minimum absolute atomic E-state index is 0.561. The van der Waals surface area contributed by atoms with Crippen LogP contribution in [-0.2, 0) is 0 Å². The molecule has 0 aliphatic carbocycles.